The van der Waals surface area contributed by atoms with E-state index in [1.807, 2.05) is 39.1 Å². The van der Waals surface area contributed by atoms with Gasteiger partial charge in [0, 0.05) is 12.5 Å². The Morgan fingerprint density at radius 3 is 2.71 bits per heavy atom. The van der Waals surface area contributed by atoms with Crippen LogP contribution in [0.3, 0.4) is 0 Å². The van der Waals surface area contributed by atoms with E-state index in [4.69, 9.17) is 14.0 Å². The highest BCUT2D eigenvalue weighted by atomic mass is 16.5. The molecule has 0 saturated heterocycles. The van der Waals surface area contributed by atoms with E-state index in [-0.39, 0.29) is 12.5 Å². The maximum absolute atomic E-state index is 5.75. The summed E-state index contributed by atoms with van der Waals surface area (Å²) in [5.74, 6) is 2.72. The van der Waals surface area contributed by atoms with Crippen molar-refractivity contribution in [2.75, 3.05) is 14.2 Å². The van der Waals surface area contributed by atoms with E-state index in [1.54, 1.807) is 7.11 Å². The zero-order valence-electron chi connectivity index (χ0n) is 12.8. The van der Waals surface area contributed by atoms with Crippen molar-refractivity contribution in [3.05, 3.63) is 35.5 Å². The highest BCUT2D eigenvalue weighted by molar-refractivity contribution is 5.42. The second-order valence-corrected chi connectivity index (χ2v) is 5.01. The first-order valence-electron chi connectivity index (χ1n) is 6.90. The number of rotatable bonds is 7. The number of nitrogens with zero attached hydrogens (tertiary/aromatic N) is 2. The molecule has 6 nitrogen and oxygen atoms in total. The van der Waals surface area contributed by atoms with Crippen LogP contribution in [-0.2, 0) is 13.2 Å². The average molecular weight is 291 g/mol. The van der Waals surface area contributed by atoms with Gasteiger partial charge in [-0.1, -0.05) is 25.1 Å². The largest absolute Gasteiger partial charge is 0.493 e. The van der Waals surface area contributed by atoms with E-state index >= 15 is 0 Å². The van der Waals surface area contributed by atoms with Crippen LogP contribution in [0.2, 0.25) is 0 Å². The van der Waals surface area contributed by atoms with Crippen molar-refractivity contribution in [1.29, 1.82) is 0 Å². The lowest BCUT2D eigenvalue weighted by Crippen LogP contribution is -2.06. The molecule has 0 radical (unpaired) electrons. The van der Waals surface area contributed by atoms with Crippen LogP contribution >= 0.6 is 0 Å². The number of hydrogen-bond acceptors (Lipinski definition) is 6. The Bertz CT molecular complexity index is 581. The van der Waals surface area contributed by atoms with Gasteiger partial charge in [0.15, 0.2) is 23.9 Å². The first-order valence-corrected chi connectivity index (χ1v) is 6.90. The molecule has 0 amide bonds. The van der Waals surface area contributed by atoms with Gasteiger partial charge in [0.1, 0.15) is 0 Å². The highest BCUT2D eigenvalue weighted by Crippen LogP contribution is 2.28. The number of hydrogen-bond donors (Lipinski definition) is 1. The van der Waals surface area contributed by atoms with Crippen molar-refractivity contribution >= 4 is 0 Å². The summed E-state index contributed by atoms with van der Waals surface area (Å²) in [6, 6.07) is 5.82. The molecule has 21 heavy (non-hydrogen) atoms. The number of benzene rings is 1. The molecule has 1 N–H and O–H groups in total. The van der Waals surface area contributed by atoms with Gasteiger partial charge in [-0.15, -0.1) is 0 Å². The lowest BCUT2D eigenvalue weighted by atomic mass is 10.2. The average Bonchev–Trinajstić information content (AvgIpc) is 2.95. The second-order valence-electron chi connectivity index (χ2n) is 5.01. The minimum Gasteiger partial charge on any atom is -0.493 e. The second kappa shape index (κ2) is 7.08. The number of methoxy groups -OCH3 is 1. The summed E-state index contributed by atoms with van der Waals surface area (Å²) in [4.78, 5) is 4.28. The van der Waals surface area contributed by atoms with Gasteiger partial charge in [0.05, 0.1) is 7.11 Å². The van der Waals surface area contributed by atoms with Gasteiger partial charge < -0.3 is 19.3 Å². The van der Waals surface area contributed by atoms with Crippen molar-refractivity contribution in [2.24, 2.45) is 0 Å². The van der Waals surface area contributed by atoms with E-state index in [0.29, 0.717) is 23.2 Å². The van der Waals surface area contributed by atoms with E-state index in [2.05, 4.69) is 15.5 Å². The minimum atomic E-state index is 0.221. The zero-order valence-corrected chi connectivity index (χ0v) is 12.8. The quantitative estimate of drug-likeness (QED) is 0.845. The smallest absolute Gasteiger partial charge is 0.264 e. The maximum atomic E-state index is 5.75. The van der Waals surface area contributed by atoms with E-state index in [9.17, 15) is 0 Å². The van der Waals surface area contributed by atoms with Crippen LogP contribution in [0.4, 0.5) is 0 Å². The molecule has 0 aliphatic heterocycles. The van der Waals surface area contributed by atoms with E-state index in [1.165, 1.54) is 0 Å². The Hall–Kier alpha value is -2.08. The summed E-state index contributed by atoms with van der Waals surface area (Å²) in [6.45, 7) is 5.01. The van der Waals surface area contributed by atoms with Gasteiger partial charge in [-0.25, -0.2) is 0 Å². The summed E-state index contributed by atoms with van der Waals surface area (Å²) < 4.78 is 16.2. The fraction of sp³-hybridized carbons (Fsp3) is 0.467. The highest BCUT2D eigenvalue weighted by Gasteiger charge is 2.12. The Labute approximate surface area is 124 Å². The number of ether oxygens (including phenoxy) is 2. The lowest BCUT2D eigenvalue weighted by Gasteiger charge is -2.11. The van der Waals surface area contributed by atoms with E-state index < -0.39 is 0 Å². The van der Waals surface area contributed by atoms with Crippen LogP contribution in [0.15, 0.2) is 22.7 Å². The molecule has 0 fully saturated rings. The molecule has 1 aromatic carbocycles. The molecule has 2 aromatic rings. The molecule has 0 saturated carbocycles. The molecule has 1 heterocycles. The third kappa shape index (κ3) is 3.95. The number of nitrogens with one attached hydrogen (secondary N) is 1. The summed E-state index contributed by atoms with van der Waals surface area (Å²) in [7, 11) is 3.51. The van der Waals surface area contributed by atoms with Crippen molar-refractivity contribution in [1.82, 2.24) is 15.5 Å². The van der Waals surface area contributed by atoms with Crippen LogP contribution < -0.4 is 14.8 Å². The molecule has 6 heteroatoms. The van der Waals surface area contributed by atoms with Gasteiger partial charge in [-0.3, -0.25) is 0 Å². The molecule has 0 aliphatic carbocycles. The minimum absolute atomic E-state index is 0.221. The van der Waals surface area contributed by atoms with Crippen molar-refractivity contribution in [2.45, 2.75) is 32.9 Å². The van der Waals surface area contributed by atoms with Crippen LogP contribution in [0.25, 0.3) is 0 Å². The Morgan fingerprint density at radius 2 is 2.10 bits per heavy atom. The predicted molar refractivity (Wildman–Crippen MR) is 78.5 cm³/mol. The topological polar surface area (TPSA) is 69.4 Å². The Balaban J connectivity index is 2.08. The molecule has 0 unspecified atom stereocenters. The van der Waals surface area contributed by atoms with Gasteiger partial charge in [-0.05, 0) is 24.7 Å². The standard InChI is InChI=1S/C15H21N3O3/c1-10(2)15-17-14(21-18-15)9-20-13-7-11(8-16-3)5-6-12(13)19-4/h5-7,10,16H,8-9H2,1-4H3. The maximum Gasteiger partial charge on any atom is 0.264 e. The summed E-state index contributed by atoms with van der Waals surface area (Å²) in [5.41, 5.74) is 1.11. The molecule has 2 rings (SSSR count). The normalized spacial score (nSPS) is 10.9. The molecule has 0 bridgehead atoms. The summed E-state index contributed by atoms with van der Waals surface area (Å²) >= 11 is 0. The molecule has 1 aromatic heterocycles. The first-order chi connectivity index (χ1) is 10.1. The van der Waals surface area contributed by atoms with Crippen LogP contribution in [0.1, 0.15) is 37.0 Å². The Kier molecular flexibility index (Phi) is 5.16. The molecular formula is C15H21N3O3. The van der Waals surface area contributed by atoms with Crippen LogP contribution in [0.5, 0.6) is 11.5 Å². The van der Waals surface area contributed by atoms with Gasteiger partial charge in [0.25, 0.3) is 5.89 Å². The lowest BCUT2D eigenvalue weighted by molar-refractivity contribution is 0.233. The van der Waals surface area contributed by atoms with E-state index in [0.717, 1.165) is 12.1 Å². The molecule has 0 aliphatic rings. The molecular weight excluding hydrogens is 270 g/mol. The van der Waals surface area contributed by atoms with Crippen LogP contribution in [0, 0.1) is 0 Å². The van der Waals surface area contributed by atoms with Gasteiger partial charge in [0.2, 0.25) is 0 Å². The third-order valence-electron chi connectivity index (χ3n) is 2.96. The number of aromatic nitrogens is 2. The summed E-state index contributed by atoms with van der Waals surface area (Å²) in [6.07, 6.45) is 0. The third-order valence-corrected chi connectivity index (χ3v) is 2.96. The van der Waals surface area contributed by atoms with Crippen molar-refractivity contribution in [3.63, 3.8) is 0 Å². The fourth-order valence-corrected chi connectivity index (χ4v) is 1.85. The van der Waals surface area contributed by atoms with Crippen molar-refractivity contribution in [3.8, 4) is 11.5 Å². The first kappa shape index (κ1) is 15.3. The molecule has 114 valence electrons. The predicted octanol–water partition coefficient (Wildman–Crippen LogP) is 2.50. The summed E-state index contributed by atoms with van der Waals surface area (Å²) in [5, 5.41) is 7.01. The van der Waals surface area contributed by atoms with Crippen LogP contribution in [-0.4, -0.2) is 24.3 Å². The molecule has 0 spiro atoms. The monoisotopic (exact) mass is 291 g/mol. The molecule has 0 atom stereocenters. The SMILES string of the molecule is CNCc1ccc(OC)c(OCc2nc(C(C)C)no2)c1. The zero-order chi connectivity index (χ0) is 15.2. The van der Waals surface area contributed by atoms with Gasteiger partial charge >= 0.3 is 0 Å². The van der Waals surface area contributed by atoms with Crippen molar-refractivity contribution < 1.29 is 14.0 Å². The fourth-order valence-electron chi connectivity index (χ4n) is 1.85. The Morgan fingerprint density at radius 1 is 1.29 bits per heavy atom. The van der Waals surface area contributed by atoms with Gasteiger partial charge in [-0.2, -0.15) is 4.98 Å².